The van der Waals surface area contributed by atoms with Crippen LogP contribution in [-0.2, 0) is 11.2 Å². The van der Waals surface area contributed by atoms with Gasteiger partial charge in [-0.3, -0.25) is 14.5 Å². The zero-order valence-electron chi connectivity index (χ0n) is 20.6. The van der Waals surface area contributed by atoms with Crippen molar-refractivity contribution in [1.82, 2.24) is 9.80 Å². The van der Waals surface area contributed by atoms with Gasteiger partial charge in [-0.1, -0.05) is 25.1 Å². The Kier molecular flexibility index (Phi) is 6.62. The Bertz CT molecular complexity index is 1290. The summed E-state index contributed by atoms with van der Waals surface area (Å²) >= 11 is 0. The highest BCUT2D eigenvalue weighted by Gasteiger charge is 2.42. The van der Waals surface area contributed by atoms with Gasteiger partial charge in [0.05, 0.1) is 36.3 Å². The van der Waals surface area contributed by atoms with E-state index in [1.807, 2.05) is 50.2 Å². The van der Waals surface area contributed by atoms with Crippen molar-refractivity contribution in [1.29, 1.82) is 0 Å². The topological polar surface area (TPSA) is 72.2 Å². The molecule has 1 amide bonds. The lowest BCUT2D eigenvalue weighted by atomic mass is 9.97. The lowest BCUT2D eigenvalue weighted by Crippen LogP contribution is -2.42. The molecule has 1 saturated heterocycles. The second-order valence-electron chi connectivity index (χ2n) is 9.45. The Morgan fingerprint density at radius 1 is 1.06 bits per heavy atom. The monoisotopic (exact) mass is 476 g/mol. The maximum Gasteiger partial charge on any atom is 0.290 e. The number of amides is 1. The van der Waals surface area contributed by atoms with Gasteiger partial charge in [0.1, 0.15) is 11.3 Å². The molecule has 1 aromatic heterocycles. The van der Waals surface area contributed by atoms with Crippen LogP contribution in [0.15, 0.2) is 51.7 Å². The Morgan fingerprint density at radius 2 is 1.86 bits per heavy atom. The van der Waals surface area contributed by atoms with E-state index in [-0.39, 0.29) is 23.2 Å². The molecule has 0 spiro atoms. The number of nitrogens with zero attached hydrogens (tertiary/aromatic N) is 2. The number of aryl methyl sites for hydroxylation is 1. The molecule has 7 nitrogen and oxygen atoms in total. The van der Waals surface area contributed by atoms with Gasteiger partial charge < -0.3 is 18.8 Å². The molecule has 1 atom stereocenters. The summed E-state index contributed by atoms with van der Waals surface area (Å²) in [7, 11) is 0. The molecule has 2 aliphatic heterocycles. The molecule has 3 heterocycles. The maximum absolute atomic E-state index is 13.8. The van der Waals surface area contributed by atoms with Crippen molar-refractivity contribution in [3.05, 3.63) is 75.1 Å². The van der Waals surface area contributed by atoms with Gasteiger partial charge >= 0.3 is 0 Å². The average molecular weight is 477 g/mol. The highest BCUT2D eigenvalue weighted by molar-refractivity contribution is 5.99. The normalized spacial score (nSPS) is 18.5. The predicted octanol–water partition coefficient (Wildman–Crippen LogP) is 4.02. The minimum absolute atomic E-state index is 0.0154. The number of carbonyl (C=O) groups is 1. The standard InChI is InChI=1S/C28H32N2O5/c1-4-19-8-9-23-22(16-19)26(31)24-25(20-6-5-7-21(17-20)34-18(2)3)30(28(32)27(24)35-23)11-10-29-12-14-33-15-13-29/h5-9,16-18,25H,4,10-15H2,1-3H3. The summed E-state index contributed by atoms with van der Waals surface area (Å²) in [4.78, 5) is 31.6. The quantitative estimate of drug-likeness (QED) is 0.513. The number of hydrogen-bond donors (Lipinski definition) is 0. The van der Waals surface area contributed by atoms with Crippen LogP contribution in [0.3, 0.4) is 0 Å². The number of fused-ring (bicyclic) bond motifs is 2. The third-order valence-electron chi connectivity index (χ3n) is 6.74. The number of ether oxygens (including phenoxy) is 2. The summed E-state index contributed by atoms with van der Waals surface area (Å²) in [6.07, 6.45) is 0.830. The van der Waals surface area contributed by atoms with E-state index in [1.165, 1.54) is 0 Å². The lowest BCUT2D eigenvalue weighted by Gasteiger charge is -2.31. The molecule has 0 aliphatic carbocycles. The van der Waals surface area contributed by atoms with Crippen LogP contribution < -0.4 is 10.2 Å². The zero-order valence-corrected chi connectivity index (χ0v) is 20.6. The van der Waals surface area contributed by atoms with Gasteiger partial charge in [0.2, 0.25) is 5.76 Å². The molecule has 184 valence electrons. The summed E-state index contributed by atoms with van der Waals surface area (Å²) in [5.74, 6) is 0.617. The predicted molar refractivity (Wildman–Crippen MR) is 134 cm³/mol. The van der Waals surface area contributed by atoms with Gasteiger partial charge in [-0.05, 0) is 55.7 Å². The number of benzene rings is 2. The van der Waals surface area contributed by atoms with Crippen LogP contribution in [-0.4, -0.2) is 61.2 Å². The van der Waals surface area contributed by atoms with E-state index in [0.717, 1.165) is 30.6 Å². The van der Waals surface area contributed by atoms with E-state index < -0.39 is 6.04 Å². The van der Waals surface area contributed by atoms with Crippen LogP contribution >= 0.6 is 0 Å². The molecule has 1 fully saturated rings. The van der Waals surface area contributed by atoms with Crippen molar-refractivity contribution >= 4 is 16.9 Å². The Labute approximate surface area is 205 Å². The van der Waals surface area contributed by atoms with Crippen LogP contribution in [0, 0.1) is 0 Å². The summed E-state index contributed by atoms with van der Waals surface area (Å²) < 4.78 is 17.5. The smallest absolute Gasteiger partial charge is 0.290 e. The van der Waals surface area contributed by atoms with Crippen LogP contribution in [0.5, 0.6) is 5.75 Å². The van der Waals surface area contributed by atoms with E-state index >= 15 is 0 Å². The van der Waals surface area contributed by atoms with Gasteiger partial charge in [0.15, 0.2) is 5.43 Å². The van der Waals surface area contributed by atoms with Gasteiger partial charge in [-0.15, -0.1) is 0 Å². The van der Waals surface area contributed by atoms with E-state index in [1.54, 1.807) is 11.0 Å². The molecule has 2 aliphatic rings. The fourth-order valence-electron chi connectivity index (χ4n) is 4.97. The van der Waals surface area contributed by atoms with Crippen LogP contribution in [0.4, 0.5) is 0 Å². The first kappa shape index (κ1) is 23.6. The molecule has 2 aromatic carbocycles. The molecule has 0 bridgehead atoms. The van der Waals surface area contributed by atoms with Crippen molar-refractivity contribution in [2.24, 2.45) is 0 Å². The molecule has 0 saturated carbocycles. The SMILES string of the molecule is CCc1ccc2oc3c(c(=O)c2c1)C(c1cccc(OC(C)C)c1)N(CCN1CCOCC1)C3=O. The molecule has 1 unspecified atom stereocenters. The number of carbonyl (C=O) groups excluding carboxylic acids is 1. The highest BCUT2D eigenvalue weighted by Crippen LogP contribution is 2.39. The highest BCUT2D eigenvalue weighted by atomic mass is 16.5. The summed E-state index contributed by atoms with van der Waals surface area (Å²) in [6.45, 7) is 10.2. The fraction of sp³-hybridized carbons (Fsp3) is 0.429. The fourth-order valence-corrected chi connectivity index (χ4v) is 4.97. The summed E-state index contributed by atoms with van der Waals surface area (Å²) in [5.41, 5.74) is 2.63. The molecular weight excluding hydrogens is 444 g/mol. The van der Waals surface area contributed by atoms with Gasteiger partial charge in [-0.25, -0.2) is 0 Å². The Balaban J connectivity index is 1.60. The average Bonchev–Trinajstić information content (AvgIpc) is 3.14. The third kappa shape index (κ3) is 4.58. The molecule has 5 rings (SSSR count). The largest absolute Gasteiger partial charge is 0.491 e. The minimum Gasteiger partial charge on any atom is -0.491 e. The van der Waals surface area contributed by atoms with Crippen molar-refractivity contribution in [2.45, 2.75) is 39.3 Å². The second-order valence-corrected chi connectivity index (χ2v) is 9.45. The maximum atomic E-state index is 13.8. The number of rotatable bonds is 7. The van der Waals surface area contributed by atoms with Gasteiger partial charge in [-0.2, -0.15) is 0 Å². The summed E-state index contributed by atoms with van der Waals surface area (Å²) in [5, 5.41) is 0.519. The van der Waals surface area contributed by atoms with E-state index in [0.29, 0.717) is 48.6 Å². The summed E-state index contributed by atoms with van der Waals surface area (Å²) in [6, 6.07) is 12.8. The first-order valence-electron chi connectivity index (χ1n) is 12.4. The van der Waals surface area contributed by atoms with Crippen molar-refractivity contribution in [3.8, 4) is 5.75 Å². The van der Waals surface area contributed by atoms with Gasteiger partial charge in [0, 0.05) is 26.2 Å². The molecule has 0 radical (unpaired) electrons. The van der Waals surface area contributed by atoms with Crippen LogP contribution in [0.25, 0.3) is 11.0 Å². The van der Waals surface area contributed by atoms with Crippen LogP contribution in [0.1, 0.15) is 54.1 Å². The Hall–Kier alpha value is -3.16. The number of morpholine rings is 1. The van der Waals surface area contributed by atoms with E-state index in [2.05, 4.69) is 11.8 Å². The van der Waals surface area contributed by atoms with Crippen LogP contribution in [0.2, 0.25) is 0 Å². The zero-order chi connectivity index (χ0) is 24.5. The minimum atomic E-state index is -0.528. The van der Waals surface area contributed by atoms with E-state index in [4.69, 9.17) is 13.9 Å². The third-order valence-corrected chi connectivity index (χ3v) is 6.74. The van der Waals surface area contributed by atoms with E-state index in [9.17, 15) is 9.59 Å². The number of hydrogen-bond acceptors (Lipinski definition) is 6. The molecule has 0 N–H and O–H groups in total. The first-order valence-corrected chi connectivity index (χ1v) is 12.4. The van der Waals surface area contributed by atoms with Crippen molar-refractivity contribution < 1.29 is 18.7 Å². The first-order chi connectivity index (χ1) is 17.0. The second kappa shape index (κ2) is 9.84. The molecule has 35 heavy (non-hydrogen) atoms. The van der Waals surface area contributed by atoms with Crippen molar-refractivity contribution in [3.63, 3.8) is 0 Å². The van der Waals surface area contributed by atoms with Crippen molar-refractivity contribution in [2.75, 3.05) is 39.4 Å². The molecule has 7 heteroatoms. The molecule has 3 aromatic rings. The Morgan fingerprint density at radius 3 is 2.60 bits per heavy atom. The lowest BCUT2D eigenvalue weighted by molar-refractivity contribution is 0.0314. The van der Waals surface area contributed by atoms with Gasteiger partial charge in [0.25, 0.3) is 5.91 Å². The molecular formula is C28H32N2O5.